The van der Waals surface area contributed by atoms with Crippen molar-refractivity contribution in [2.45, 2.75) is 44.9 Å². The van der Waals surface area contributed by atoms with Gasteiger partial charge < -0.3 is 9.64 Å². The molecule has 0 radical (unpaired) electrons. The van der Waals surface area contributed by atoms with Crippen molar-refractivity contribution in [3.63, 3.8) is 0 Å². The molecule has 4 rings (SSSR count). The average molecular weight is 327 g/mol. The van der Waals surface area contributed by atoms with Crippen molar-refractivity contribution in [3.8, 4) is 11.4 Å². The van der Waals surface area contributed by atoms with Gasteiger partial charge in [-0.3, -0.25) is 4.79 Å². The van der Waals surface area contributed by atoms with Gasteiger partial charge in [-0.1, -0.05) is 24.6 Å². The Morgan fingerprint density at radius 3 is 3.04 bits per heavy atom. The molecule has 1 N–H and O–H groups in total. The summed E-state index contributed by atoms with van der Waals surface area (Å²) in [7, 11) is 1.74. The Kier molecular flexibility index (Phi) is 4.02. The highest BCUT2D eigenvalue weighted by atomic mass is 16.5. The van der Waals surface area contributed by atoms with Gasteiger partial charge in [0, 0.05) is 31.7 Å². The van der Waals surface area contributed by atoms with Crippen LogP contribution in [0, 0.1) is 5.92 Å². The van der Waals surface area contributed by atoms with E-state index in [1.54, 1.807) is 7.11 Å². The summed E-state index contributed by atoms with van der Waals surface area (Å²) in [6.45, 7) is 1.28. The van der Waals surface area contributed by atoms with Crippen molar-refractivity contribution < 1.29 is 9.53 Å². The highest BCUT2D eigenvalue weighted by Gasteiger charge is 2.34. The molecule has 0 saturated heterocycles. The molecule has 2 aliphatic rings. The third-order valence-electron chi connectivity index (χ3n) is 5.19. The van der Waals surface area contributed by atoms with Crippen LogP contribution in [0.1, 0.15) is 36.8 Å². The Morgan fingerprint density at radius 1 is 1.33 bits per heavy atom. The number of nitrogens with zero attached hydrogens (tertiary/aromatic N) is 4. The minimum Gasteiger partial charge on any atom is -0.381 e. The van der Waals surface area contributed by atoms with E-state index >= 15 is 0 Å². The molecule has 0 bridgehead atoms. The zero-order valence-electron chi connectivity index (χ0n) is 13.7. The first kappa shape index (κ1) is 15.3. The molecule has 2 atom stereocenters. The number of fused-ring (bicyclic) bond motifs is 1. The number of hydrogen-bond acceptors (Lipinski definition) is 5. The molecule has 1 aromatic carbocycles. The van der Waals surface area contributed by atoms with E-state index in [2.05, 4.69) is 26.7 Å². The van der Waals surface area contributed by atoms with Crippen LogP contribution < -0.4 is 0 Å². The van der Waals surface area contributed by atoms with E-state index < -0.39 is 0 Å². The Balaban J connectivity index is 1.53. The second kappa shape index (κ2) is 6.32. The van der Waals surface area contributed by atoms with Gasteiger partial charge >= 0.3 is 0 Å². The predicted octanol–water partition coefficient (Wildman–Crippen LogP) is 1.91. The largest absolute Gasteiger partial charge is 0.381 e. The van der Waals surface area contributed by atoms with Crippen LogP contribution in [-0.2, 0) is 22.6 Å². The Bertz CT molecular complexity index is 731. The summed E-state index contributed by atoms with van der Waals surface area (Å²) >= 11 is 0. The van der Waals surface area contributed by atoms with Crippen molar-refractivity contribution >= 4 is 5.91 Å². The quantitative estimate of drug-likeness (QED) is 0.931. The number of benzene rings is 1. The van der Waals surface area contributed by atoms with Gasteiger partial charge in [-0.2, -0.15) is 5.21 Å². The highest BCUT2D eigenvalue weighted by molar-refractivity contribution is 5.80. The minimum absolute atomic E-state index is 0.0756. The topological polar surface area (TPSA) is 84.0 Å². The van der Waals surface area contributed by atoms with E-state index in [9.17, 15) is 4.79 Å². The molecule has 0 spiro atoms. The van der Waals surface area contributed by atoms with Gasteiger partial charge in [0.05, 0.1) is 6.10 Å². The Morgan fingerprint density at radius 2 is 2.25 bits per heavy atom. The van der Waals surface area contributed by atoms with Crippen molar-refractivity contribution in [1.82, 2.24) is 25.5 Å². The second-order valence-corrected chi connectivity index (χ2v) is 6.59. The van der Waals surface area contributed by atoms with Crippen LogP contribution >= 0.6 is 0 Å². The number of rotatable bonds is 3. The molecule has 1 aromatic heterocycles. The average Bonchev–Trinajstić information content (AvgIpc) is 3.30. The van der Waals surface area contributed by atoms with E-state index in [4.69, 9.17) is 4.74 Å². The highest BCUT2D eigenvalue weighted by Crippen LogP contribution is 2.34. The number of nitrogens with one attached hydrogen (secondary N) is 1. The SMILES string of the molecule is COC1CCCC(C(=O)N2Cc3cccc(-c4nn[nH]n4)c3C2)C1. The van der Waals surface area contributed by atoms with Crippen molar-refractivity contribution in [2.24, 2.45) is 5.92 Å². The fourth-order valence-corrected chi connectivity index (χ4v) is 3.90. The van der Waals surface area contributed by atoms with Crippen LogP contribution in [0.15, 0.2) is 18.2 Å². The van der Waals surface area contributed by atoms with E-state index in [1.807, 2.05) is 17.0 Å². The molecule has 1 aliphatic heterocycles. The number of methoxy groups -OCH3 is 1. The van der Waals surface area contributed by atoms with Crippen LogP contribution in [0.5, 0.6) is 0 Å². The third-order valence-corrected chi connectivity index (χ3v) is 5.19. The number of H-pyrrole nitrogens is 1. The number of carbonyl (C=O) groups excluding carboxylic acids is 1. The summed E-state index contributed by atoms with van der Waals surface area (Å²) in [5.41, 5.74) is 3.26. The lowest BCUT2D eigenvalue weighted by molar-refractivity contribution is -0.138. The summed E-state index contributed by atoms with van der Waals surface area (Å²) in [6, 6.07) is 6.05. The fourth-order valence-electron chi connectivity index (χ4n) is 3.90. The number of aromatic nitrogens is 4. The standard InChI is InChI=1S/C17H21N5O2/c1-24-13-6-2-4-11(8-13)17(23)22-9-12-5-3-7-14(15(12)10-22)16-18-20-21-19-16/h3,5,7,11,13H,2,4,6,8-10H2,1H3,(H,18,19,20,21). The summed E-state index contributed by atoms with van der Waals surface area (Å²) in [6.07, 6.45) is 4.13. The van der Waals surface area contributed by atoms with Crippen molar-refractivity contribution in [1.29, 1.82) is 0 Å². The monoisotopic (exact) mass is 327 g/mol. The fraction of sp³-hybridized carbons (Fsp3) is 0.529. The number of amides is 1. The number of hydrogen-bond donors (Lipinski definition) is 1. The molecule has 7 nitrogen and oxygen atoms in total. The number of tetrazole rings is 1. The molecule has 24 heavy (non-hydrogen) atoms. The molecule has 126 valence electrons. The molecule has 2 aromatic rings. The minimum atomic E-state index is 0.0756. The summed E-state index contributed by atoms with van der Waals surface area (Å²) in [5.74, 6) is 0.900. The molecule has 1 amide bonds. The second-order valence-electron chi connectivity index (χ2n) is 6.59. The van der Waals surface area contributed by atoms with Gasteiger partial charge in [-0.15, -0.1) is 10.2 Å². The predicted molar refractivity (Wildman–Crippen MR) is 86.6 cm³/mol. The molecular formula is C17H21N5O2. The molecule has 2 heterocycles. The zero-order chi connectivity index (χ0) is 16.5. The van der Waals surface area contributed by atoms with Crippen molar-refractivity contribution in [3.05, 3.63) is 29.3 Å². The summed E-state index contributed by atoms with van der Waals surface area (Å²) in [5, 5.41) is 14.3. The van der Waals surface area contributed by atoms with Crippen LogP contribution in [-0.4, -0.2) is 44.6 Å². The number of aromatic amines is 1. The molecule has 1 saturated carbocycles. The van der Waals surface area contributed by atoms with Crippen LogP contribution in [0.25, 0.3) is 11.4 Å². The summed E-state index contributed by atoms with van der Waals surface area (Å²) < 4.78 is 5.47. The van der Waals surface area contributed by atoms with E-state index in [0.717, 1.165) is 36.8 Å². The maximum absolute atomic E-state index is 12.9. The van der Waals surface area contributed by atoms with Gasteiger partial charge in [0.15, 0.2) is 0 Å². The van der Waals surface area contributed by atoms with Gasteiger partial charge in [0.2, 0.25) is 11.7 Å². The molecule has 7 heteroatoms. The maximum atomic E-state index is 12.9. The molecular weight excluding hydrogens is 306 g/mol. The normalized spacial score (nSPS) is 23.3. The lowest BCUT2D eigenvalue weighted by Crippen LogP contribution is -2.36. The van der Waals surface area contributed by atoms with Gasteiger partial charge in [0.25, 0.3) is 0 Å². The number of ether oxygens (including phenoxy) is 1. The molecule has 1 fully saturated rings. The smallest absolute Gasteiger partial charge is 0.226 e. The van der Waals surface area contributed by atoms with E-state index in [-0.39, 0.29) is 17.9 Å². The molecule has 1 aliphatic carbocycles. The first-order chi connectivity index (χ1) is 11.8. The first-order valence-corrected chi connectivity index (χ1v) is 8.42. The molecule has 2 unspecified atom stereocenters. The maximum Gasteiger partial charge on any atom is 0.226 e. The van der Waals surface area contributed by atoms with Crippen LogP contribution in [0.3, 0.4) is 0 Å². The first-order valence-electron chi connectivity index (χ1n) is 8.42. The van der Waals surface area contributed by atoms with Gasteiger partial charge in [-0.05, 0) is 35.6 Å². The Hall–Kier alpha value is -2.28. The lowest BCUT2D eigenvalue weighted by Gasteiger charge is -2.30. The van der Waals surface area contributed by atoms with Gasteiger partial charge in [-0.25, -0.2) is 0 Å². The summed E-state index contributed by atoms with van der Waals surface area (Å²) in [4.78, 5) is 14.9. The van der Waals surface area contributed by atoms with Gasteiger partial charge in [0.1, 0.15) is 0 Å². The van der Waals surface area contributed by atoms with E-state index in [1.165, 1.54) is 5.56 Å². The third kappa shape index (κ3) is 2.69. The van der Waals surface area contributed by atoms with E-state index in [0.29, 0.717) is 18.9 Å². The number of carbonyl (C=O) groups is 1. The zero-order valence-corrected chi connectivity index (χ0v) is 13.7. The van der Waals surface area contributed by atoms with Crippen molar-refractivity contribution in [2.75, 3.05) is 7.11 Å². The lowest BCUT2D eigenvalue weighted by atomic mass is 9.86. The Labute approximate surface area is 140 Å². The van der Waals surface area contributed by atoms with Crippen LogP contribution in [0.4, 0.5) is 0 Å². The van der Waals surface area contributed by atoms with Crippen LogP contribution in [0.2, 0.25) is 0 Å².